The van der Waals surface area contributed by atoms with Crippen molar-refractivity contribution < 1.29 is 18.7 Å². The Bertz CT molecular complexity index is 1010. The van der Waals surface area contributed by atoms with Gasteiger partial charge in [-0.1, -0.05) is 11.6 Å². The van der Waals surface area contributed by atoms with E-state index in [4.69, 9.17) is 25.5 Å². The van der Waals surface area contributed by atoms with Gasteiger partial charge in [0, 0.05) is 5.39 Å². The van der Waals surface area contributed by atoms with Crippen LogP contribution in [0.4, 0.5) is 0 Å². The van der Waals surface area contributed by atoms with Crippen molar-refractivity contribution in [1.82, 2.24) is 5.43 Å². The third-order valence-electron chi connectivity index (χ3n) is 3.71. The van der Waals surface area contributed by atoms with Crippen LogP contribution in [0.5, 0.6) is 11.5 Å². The van der Waals surface area contributed by atoms with Crippen LogP contribution >= 0.6 is 27.5 Å². The first-order chi connectivity index (χ1) is 13.5. The molecule has 0 unspecified atom stereocenters. The van der Waals surface area contributed by atoms with Crippen molar-refractivity contribution in [2.75, 3.05) is 13.2 Å². The number of ether oxygens (including phenoxy) is 2. The summed E-state index contributed by atoms with van der Waals surface area (Å²) in [5.41, 5.74) is 3.74. The molecule has 0 fully saturated rings. The average Bonchev–Trinajstić information content (AvgIpc) is 3.08. The minimum Gasteiger partial charge on any atom is -0.494 e. The second-order valence-electron chi connectivity index (χ2n) is 5.69. The quantitative estimate of drug-likeness (QED) is 0.374. The Morgan fingerprint density at radius 2 is 2.00 bits per heavy atom. The highest BCUT2D eigenvalue weighted by atomic mass is 79.9. The van der Waals surface area contributed by atoms with Crippen LogP contribution in [0, 0.1) is 0 Å². The zero-order chi connectivity index (χ0) is 20.1. The summed E-state index contributed by atoms with van der Waals surface area (Å²) in [7, 11) is 0. The zero-order valence-corrected chi connectivity index (χ0v) is 17.6. The smallest absolute Gasteiger partial charge is 0.307 e. The number of fused-ring (bicyclic) bond motifs is 1. The molecule has 8 heteroatoms. The predicted octanol–water partition coefficient (Wildman–Crippen LogP) is 5.41. The highest BCUT2D eigenvalue weighted by Gasteiger charge is 2.12. The first-order valence-electron chi connectivity index (χ1n) is 8.63. The van der Waals surface area contributed by atoms with Crippen LogP contribution < -0.4 is 14.9 Å². The van der Waals surface area contributed by atoms with E-state index in [1.165, 1.54) is 6.21 Å². The first-order valence-corrected chi connectivity index (χ1v) is 9.80. The number of rotatable bonds is 7. The Kier molecular flexibility index (Phi) is 6.59. The number of nitrogens with zero attached hydrogens (tertiary/aromatic N) is 1. The van der Waals surface area contributed by atoms with Crippen molar-refractivity contribution in [2.45, 2.75) is 13.8 Å². The van der Waals surface area contributed by atoms with E-state index in [-0.39, 0.29) is 5.76 Å². The van der Waals surface area contributed by atoms with Gasteiger partial charge in [0.1, 0.15) is 11.3 Å². The number of carbonyl (C=O) groups excluding carboxylic acids is 1. The number of carbonyl (C=O) groups is 1. The fraction of sp³-hybridized carbons (Fsp3) is 0.200. The van der Waals surface area contributed by atoms with Crippen molar-refractivity contribution in [3.8, 4) is 11.5 Å². The molecule has 0 aliphatic rings. The summed E-state index contributed by atoms with van der Waals surface area (Å²) in [6, 6.07) is 10.5. The first kappa shape index (κ1) is 20.2. The molecule has 28 heavy (non-hydrogen) atoms. The molecule has 0 saturated carbocycles. The van der Waals surface area contributed by atoms with E-state index in [2.05, 4.69) is 26.5 Å². The van der Waals surface area contributed by atoms with E-state index in [9.17, 15) is 4.79 Å². The lowest BCUT2D eigenvalue weighted by Crippen LogP contribution is -2.16. The summed E-state index contributed by atoms with van der Waals surface area (Å²) in [4.78, 5) is 12.3. The van der Waals surface area contributed by atoms with Crippen LogP contribution in [0.25, 0.3) is 11.0 Å². The molecule has 3 rings (SSSR count). The van der Waals surface area contributed by atoms with Crippen LogP contribution in [0.15, 0.2) is 50.4 Å². The number of benzene rings is 2. The Morgan fingerprint density at radius 3 is 2.71 bits per heavy atom. The number of halogens is 2. The number of hydrogen-bond donors (Lipinski definition) is 1. The molecule has 0 aliphatic heterocycles. The van der Waals surface area contributed by atoms with Crippen LogP contribution in [0.2, 0.25) is 5.02 Å². The van der Waals surface area contributed by atoms with E-state index < -0.39 is 5.91 Å². The minimum atomic E-state index is -0.457. The SMILES string of the molecule is CCOc1ccc2oc(C(=O)N/N=C/c3cc(Cl)c(OCC)c(Br)c3)cc2c1. The summed E-state index contributed by atoms with van der Waals surface area (Å²) >= 11 is 9.61. The van der Waals surface area contributed by atoms with Gasteiger partial charge in [-0.05, 0) is 71.7 Å². The minimum absolute atomic E-state index is 0.159. The molecule has 0 bridgehead atoms. The van der Waals surface area contributed by atoms with Gasteiger partial charge < -0.3 is 13.9 Å². The van der Waals surface area contributed by atoms with Crippen LogP contribution in [-0.4, -0.2) is 25.3 Å². The molecular weight excluding hydrogens is 448 g/mol. The summed E-state index contributed by atoms with van der Waals surface area (Å²) in [5.74, 6) is 0.992. The van der Waals surface area contributed by atoms with Gasteiger partial charge in [0.2, 0.25) is 0 Å². The third kappa shape index (κ3) is 4.66. The Labute approximate surface area is 175 Å². The number of hydrazone groups is 1. The van der Waals surface area contributed by atoms with E-state index in [1.807, 2.05) is 19.9 Å². The second kappa shape index (κ2) is 9.12. The molecule has 0 radical (unpaired) electrons. The second-order valence-corrected chi connectivity index (χ2v) is 6.95. The molecule has 0 atom stereocenters. The largest absolute Gasteiger partial charge is 0.494 e. The summed E-state index contributed by atoms with van der Waals surface area (Å²) in [6.45, 7) is 4.86. The molecule has 1 heterocycles. The van der Waals surface area contributed by atoms with Crippen molar-refractivity contribution >= 4 is 50.6 Å². The third-order valence-corrected chi connectivity index (χ3v) is 4.58. The highest BCUT2D eigenvalue weighted by molar-refractivity contribution is 9.10. The van der Waals surface area contributed by atoms with Gasteiger partial charge in [0.15, 0.2) is 11.5 Å². The van der Waals surface area contributed by atoms with Gasteiger partial charge >= 0.3 is 5.91 Å². The molecule has 1 N–H and O–H groups in total. The van der Waals surface area contributed by atoms with Gasteiger partial charge in [0.25, 0.3) is 0 Å². The molecule has 1 aromatic heterocycles. The Balaban J connectivity index is 1.70. The number of amides is 1. The molecular formula is C20H18BrClN2O4. The summed E-state index contributed by atoms with van der Waals surface area (Å²) in [5, 5.41) is 5.19. The maximum Gasteiger partial charge on any atom is 0.307 e. The van der Waals surface area contributed by atoms with Gasteiger partial charge in [-0.2, -0.15) is 5.10 Å². The molecule has 146 valence electrons. The number of hydrogen-bond acceptors (Lipinski definition) is 5. The van der Waals surface area contributed by atoms with E-state index >= 15 is 0 Å². The van der Waals surface area contributed by atoms with Crippen molar-refractivity contribution in [3.63, 3.8) is 0 Å². The maximum atomic E-state index is 12.3. The number of nitrogens with one attached hydrogen (secondary N) is 1. The molecule has 2 aromatic carbocycles. The topological polar surface area (TPSA) is 73.1 Å². The fourth-order valence-corrected chi connectivity index (χ4v) is 3.54. The average molecular weight is 466 g/mol. The normalized spacial score (nSPS) is 11.1. The van der Waals surface area contributed by atoms with Gasteiger partial charge in [0.05, 0.1) is 28.9 Å². The standard InChI is InChI=1S/C20H18BrClN2O4/c1-3-26-14-5-6-17-13(9-14)10-18(28-17)20(25)24-23-11-12-7-15(21)19(27-4-2)16(22)8-12/h5-11H,3-4H2,1-2H3,(H,24,25)/b23-11+. The molecule has 3 aromatic rings. The van der Waals surface area contributed by atoms with Crippen molar-refractivity contribution in [3.05, 3.63) is 57.2 Å². The monoisotopic (exact) mass is 464 g/mol. The molecule has 0 spiro atoms. The molecule has 0 saturated heterocycles. The predicted molar refractivity (Wildman–Crippen MR) is 113 cm³/mol. The summed E-state index contributed by atoms with van der Waals surface area (Å²) < 4.78 is 17.2. The van der Waals surface area contributed by atoms with Crippen LogP contribution in [-0.2, 0) is 0 Å². The van der Waals surface area contributed by atoms with E-state index in [0.29, 0.717) is 39.6 Å². The lowest BCUT2D eigenvalue weighted by molar-refractivity contribution is 0.0929. The Hall–Kier alpha value is -2.51. The Morgan fingerprint density at radius 1 is 1.21 bits per heavy atom. The molecule has 0 aliphatic carbocycles. The van der Waals surface area contributed by atoms with Crippen molar-refractivity contribution in [1.29, 1.82) is 0 Å². The van der Waals surface area contributed by atoms with E-state index in [0.717, 1.165) is 11.1 Å². The maximum absolute atomic E-state index is 12.3. The van der Waals surface area contributed by atoms with E-state index in [1.54, 1.807) is 30.3 Å². The molecule has 1 amide bonds. The highest BCUT2D eigenvalue weighted by Crippen LogP contribution is 2.34. The van der Waals surface area contributed by atoms with Crippen LogP contribution in [0.3, 0.4) is 0 Å². The van der Waals surface area contributed by atoms with Gasteiger partial charge in [-0.15, -0.1) is 0 Å². The summed E-state index contributed by atoms with van der Waals surface area (Å²) in [6.07, 6.45) is 1.49. The van der Waals surface area contributed by atoms with Crippen LogP contribution in [0.1, 0.15) is 30.0 Å². The lowest BCUT2D eigenvalue weighted by atomic mass is 10.2. The fourth-order valence-electron chi connectivity index (χ4n) is 2.55. The van der Waals surface area contributed by atoms with Gasteiger partial charge in [-0.25, -0.2) is 5.43 Å². The van der Waals surface area contributed by atoms with Gasteiger partial charge in [-0.3, -0.25) is 4.79 Å². The molecule has 6 nitrogen and oxygen atoms in total. The zero-order valence-electron chi connectivity index (χ0n) is 15.3. The number of furan rings is 1. The van der Waals surface area contributed by atoms with Crippen molar-refractivity contribution in [2.24, 2.45) is 5.10 Å². The lowest BCUT2D eigenvalue weighted by Gasteiger charge is -2.08.